The maximum absolute atomic E-state index is 12.9. The molecule has 0 atom stereocenters. The van der Waals surface area contributed by atoms with E-state index in [1.165, 1.54) is 6.54 Å². The summed E-state index contributed by atoms with van der Waals surface area (Å²) in [5.41, 5.74) is 5.74. The molecule has 0 radical (unpaired) electrons. The molecular formula is C17H31N3O2. The molecule has 1 aliphatic carbocycles. The molecule has 5 nitrogen and oxygen atoms in total. The lowest BCUT2D eigenvalue weighted by Crippen LogP contribution is -2.50. The number of amides is 1. The number of rotatable bonds is 4. The third kappa shape index (κ3) is 3.47. The second kappa shape index (κ2) is 7.28. The Bertz CT molecular complexity index is 368. The van der Waals surface area contributed by atoms with Crippen molar-refractivity contribution in [1.82, 2.24) is 9.80 Å². The number of nitrogens with zero attached hydrogens (tertiary/aromatic N) is 2. The molecule has 2 heterocycles. The number of hydrogen-bond donors (Lipinski definition) is 1. The Balaban J connectivity index is 1.47. The molecule has 0 spiro atoms. The van der Waals surface area contributed by atoms with Crippen LogP contribution in [0.15, 0.2) is 0 Å². The molecule has 3 aliphatic rings. The van der Waals surface area contributed by atoms with E-state index in [0.29, 0.717) is 12.5 Å². The molecule has 2 saturated heterocycles. The average molecular weight is 309 g/mol. The fourth-order valence-electron chi connectivity index (χ4n) is 4.36. The Labute approximate surface area is 134 Å². The molecule has 0 aromatic carbocycles. The second-order valence-electron chi connectivity index (χ2n) is 7.34. The summed E-state index contributed by atoms with van der Waals surface area (Å²) in [6.45, 7) is 7.43. The highest BCUT2D eigenvalue weighted by Gasteiger charge is 2.43. The summed E-state index contributed by atoms with van der Waals surface area (Å²) >= 11 is 0. The van der Waals surface area contributed by atoms with Crippen LogP contribution in [-0.4, -0.2) is 68.2 Å². The zero-order valence-corrected chi connectivity index (χ0v) is 13.8. The maximum Gasteiger partial charge on any atom is 0.230 e. The average Bonchev–Trinajstić information content (AvgIpc) is 3.06. The summed E-state index contributed by atoms with van der Waals surface area (Å²) in [6, 6.07) is 0. The number of ether oxygens (including phenoxy) is 1. The van der Waals surface area contributed by atoms with Gasteiger partial charge in [-0.3, -0.25) is 9.69 Å². The first kappa shape index (κ1) is 16.2. The smallest absolute Gasteiger partial charge is 0.230 e. The van der Waals surface area contributed by atoms with Crippen LogP contribution in [0.25, 0.3) is 0 Å². The van der Waals surface area contributed by atoms with Gasteiger partial charge in [-0.1, -0.05) is 12.8 Å². The van der Waals surface area contributed by atoms with Gasteiger partial charge in [-0.15, -0.1) is 0 Å². The van der Waals surface area contributed by atoms with Gasteiger partial charge in [0.25, 0.3) is 0 Å². The van der Waals surface area contributed by atoms with Crippen molar-refractivity contribution in [2.45, 2.75) is 38.5 Å². The molecule has 0 unspecified atom stereocenters. The van der Waals surface area contributed by atoms with Crippen LogP contribution in [0.3, 0.4) is 0 Å². The van der Waals surface area contributed by atoms with Gasteiger partial charge in [0.1, 0.15) is 0 Å². The standard InChI is InChI=1S/C17H31N3O2/c18-14-17(5-1-2-6-17)16(21)20-7-3-15(4-8-20)13-19-9-11-22-12-10-19/h15H,1-14,18H2. The van der Waals surface area contributed by atoms with Gasteiger partial charge < -0.3 is 15.4 Å². The van der Waals surface area contributed by atoms with E-state index in [1.807, 2.05) is 0 Å². The van der Waals surface area contributed by atoms with Gasteiger partial charge in [-0.25, -0.2) is 0 Å². The van der Waals surface area contributed by atoms with E-state index in [1.54, 1.807) is 0 Å². The summed E-state index contributed by atoms with van der Waals surface area (Å²) in [6.07, 6.45) is 6.60. The number of hydrogen-bond acceptors (Lipinski definition) is 4. The van der Waals surface area contributed by atoms with Crippen LogP contribution in [-0.2, 0) is 9.53 Å². The Kier molecular flexibility index (Phi) is 5.37. The van der Waals surface area contributed by atoms with Gasteiger partial charge in [0, 0.05) is 39.3 Å². The highest BCUT2D eigenvalue weighted by atomic mass is 16.5. The van der Waals surface area contributed by atoms with Gasteiger partial charge >= 0.3 is 0 Å². The van der Waals surface area contributed by atoms with E-state index in [2.05, 4.69) is 9.80 Å². The molecule has 1 saturated carbocycles. The van der Waals surface area contributed by atoms with Gasteiger partial charge in [-0.2, -0.15) is 0 Å². The van der Waals surface area contributed by atoms with Crippen molar-refractivity contribution >= 4 is 5.91 Å². The monoisotopic (exact) mass is 309 g/mol. The largest absolute Gasteiger partial charge is 0.379 e. The van der Waals surface area contributed by atoms with E-state index in [9.17, 15) is 4.79 Å². The summed E-state index contributed by atoms with van der Waals surface area (Å²) in [5, 5.41) is 0. The third-order valence-corrected chi connectivity index (χ3v) is 5.93. The normalized spacial score (nSPS) is 27.2. The molecular weight excluding hydrogens is 278 g/mol. The molecule has 2 N–H and O–H groups in total. The zero-order chi connectivity index (χ0) is 15.4. The minimum atomic E-state index is -0.225. The Morgan fingerprint density at radius 3 is 2.32 bits per heavy atom. The van der Waals surface area contributed by atoms with E-state index in [0.717, 1.165) is 83.8 Å². The minimum Gasteiger partial charge on any atom is -0.379 e. The highest BCUT2D eigenvalue weighted by molar-refractivity contribution is 5.83. The van der Waals surface area contributed by atoms with Gasteiger partial charge in [0.05, 0.1) is 18.6 Å². The van der Waals surface area contributed by atoms with Crippen molar-refractivity contribution in [3.8, 4) is 0 Å². The predicted molar refractivity (Wildman–Crippen MR) is 86.5 cm³/mol. The van der Waals surface area contributed by atoms with Gasteiger partial charge in [-0.05, 0) is 31.6 Å². The number of morpholine rings is 1. The van der Waals surface area contributed by atoms with Crippen molar-refractivity contribution < 1.29 is 9.53 Å². The maximum atomic E-state index is 12.9. The first-order valence-corrected chi connectivity index (χ1v) is 9.03. The van der Waals surface area contributed by atoms with Gasteiger partial charge in [0.15, 0.2) is 0 Å². The fraction of sp³-hybridized carbons (Fsp3) is 0.941. The van der Waals surface area contributed by atoms with Crippen LogP contribution < -0.4 is 5.73 Å². The molecule has 1 amide bonds. The van der Waals surface area contributed by atoms with Crippen molar-refractivity contribution in [2.75, 3.05) is 52.5 Å². The van der Waals surface area contributed by atoms with Crippen molar-refractivity contribution in [2.24, 2.45) is 17.1 Å². The molecule has 0 aromatic heterocycles. The lowest BCUT2D eigenvalue weighted by Gasteiger charge is -2.39. The van der Waals surface area contributed by atoms with Crippen molar-refractivity contribution in [3.63, 3.8) is 0 Å². The zero-order valence-electron chi connectivity index (χ0n) is 13.8. The molecule has 22 heavy (non-hydrogen) atoms. The topological polar surface area (TPSA) is 58.8 Å². The van der Waals surface area contributed by atoms with Crippen LogP contribution in [0, 0.1) is 11.3 Å². The van der Waals surface area contributed by atoms with E-state index < -0.39 is 0 Å². The van der Waals surface area contributed by atoms with Crippen LogP contribution in [0.1, 0.15) is 38.5 Å². The van der Waals surface area contributed by atoms with Crippen molar-refractivity contribution in [1.29, 1.82) is 0 Å². The van der Waals surface area contributed by atoms with Crippen LogP contribution in [0.5, 0.6) is 0 Å². The van der Waals surface area contributed by atoms with E-state index in [4.69, 9.17) is 10.5 Å². The Morgan fingerprint density at radius 2 is 1.73 bits per heavy atom. The fourth-order valence-corrected chi connectivity index (χ4v) is 4.36. The van der Waals surface area contributed by atoms with E-state index >= 15 is 0 Å². The minimum absolute atomic E-state index is 0.225. The number of carbonyl (C=O) groups excluding carboxylic acids is 1. The van der Waals surface area contributed by atoms with Crippen LogP contribution in [0.2, 0.25) is 0 Å². The first-order chi connectivity index (χ1) is 10.7. The van der Waals surface area contributed by atoms with Gasteiger partial charge in [0.2, 0.25) is 5.91 Å². The molecule has 126 valence electrons. The number of nitrogens with two attached hydrogens (primary N) is 1. The lowest BCUT2D eigenvalue weighted by molar-refractivity contribution is -0.143. The quantitative estimate of drug-likeness (QED) is 0.844. The molecule has 0 aromatic rings. The van der Waals surface area contributed by atoms with Crippen molar-refractivity contribution in [3.05, 3.63) is 0 Å². The summed E-state index contributed by atoms with van der Waals surface area (Å²) in [7, 11) is 0. The highest BCUT2D eigenvalue weighted by Crippen LogP contribution is 2.39. The Hall–Kier alpha value is -0.650. The number of likely N-dealkylation sites (tertiary alicyclic amines) is 1. The van der Waals surface area contributed by atoms with E-state index in [-0.39, 0.29) is 5.41 Å². The number of carbonyl (C=O) groups is 1. The first-order valence-electron chi connectivity index (χ1n) is 9.03. The molecule has 2 aliphatic heterocycles. The SMILES string of the molecule is NCC1(C(=O)N2CCC(CN3CCOCC3)CC2)CCCC1. The summed E-state index contributed by atoms with van der Waals surface area (Å²) in [4.78, 5) is 17.5. The second-order valence-corrected chi connectivity index (χ2v) is 7.34. The predicted octanol–water partition coefficient (Wildman–Crippen LogP) is 1.08. The molecule has 3 rings (SSSR count). The number of piperidine rings is 1. The summed E-state index contributed by atoms with van der Waals surface area (Å²) in [5.74, 6) is 1.08. The molecule has 0 bridgehead atoms. The third-order valence-electron chi connectivity index (χ3n) is 5.93. The van der Waals surface area contributed by atoms with Crippen LogP contribution >= 0.6 is 0 Å². The molecule has 3 fully saturated rings. The van der Waals surface area contributed by atoms with Crippen LogP contribution in [0.4, 0.5) is 0 Å². The summed E-state index contributed by atoms with van der Waals surface area (Å²) < 4.78 is 5.41. The Morgan fingerprint density at radius 1 is 1.09 bits per heavy atom. The molecule has 5 heteroatoms. The lowest BCUT2D eigenvalue weighted by atomic mass is 9.83.